The molecule has 1 aliphatic carbocycles. The van der Waals surface area contributed by atoms with Crippen molar-refractivity contribution in [2.45, 2.75) is 24.8 Å². The Morgan fingerprint density at radius 1 is 1.56 bits per heavy atom. The first-order valence-corrected chi connectivity index (χ1v) is 5.60. The van der Waals surface area contributed by atoms with Gasteiger partial charge in [-0.05, 0) is 25.0 Å². The molecule has 1 aliphatic rings. The monoisotopic (exact) mass is 250 g/mol. The average molecular weight is 250 g/mol. The van der Waals surface area contributed by atoms with E-state index < -0.39 is 11.5 Å². The van der Waals surface area contributed by atoms with Crippen LogP contribution in [0.1, 0.15) is 29.6 Å². The summed E-state index contributed by atoms with van der Waals surface area (Å²) in [5, 5.41) is 11.5. The quantitative estimate of drug-likeness (QED) is 0.808. The number of aliphatic carboxylic acids is 1. The zero-order valence-electron chi connectivity index (χ0n) is 9.97. The lowest BCUT2D eigenvalue weighted by Gasteiger charge is -2.15. The highest BCUT2D eigenvalue weighted by atomic mass is 16.5. The van der Waals surface area contributed by atoms with Gasteiger partial charge in [-0.1, -0.05) is 0 Å². The summed E-state index contributed by atoms with van der Waals surface area (Å²) in [6, 6.07) is 3.23. The molecular weight excluding hydrogens is 236 g/mol. The van der Waals surface area contributed by atoms with Crippen molar-refractivity contribution in [3.63, 3.8) is 0 Å². The van der Waals surface area contributed by atoms with Crippen LogP contribution in [0.15, 0.2) is 18.3 Å². The van der Waals surface area contributed by atoms with Crippen molar-refractivity contribution in [3.8, 4) is 5.88 Å². The van der Waals surface area contributed by atoms with Gasteiger partial charge in [0.25, 0.3) is 5.91 Å². The number of aromatic nitrogens is 1. The van der Waals surface area contributed by atoms with E-state index in [1.165, 1.54) is 13.3 Å². The standard InChI is InChI=1S/C12H14N2O4/c1-18-11-8(3-2-6-13-11)10(17)14-12(4-5-12)7-9(15)16/h2-3,6H,4-5,7H2,1H3,(H,14,17)(H,15,16). The third-order valence-corrected chi connectivity index (χ3v) is 2.93. The molecule has 0 bridgehead atoms. The molecule has 0 radical (unpaired) electrons. The Labute approximate surface area is 104 Å². The van der Waals surface area contributed by atoms with E-state index in [4.69, 9.17) is 9.84 Å². The van der Waals surface area contributed by atoms with Crippen LogP contribution in [0.4, 0.5) is 0 Å². The summed E-state index contributed by atoms with van der Waals surface area (Å²) in [4.78, 5) is 26.7. The number of amides is 1. The SMILES string of the molecule is COc1ncccc1C(=O)NC1(CC(=O)O)CC1. The third kappa shape index (κ3) is 2.58. The van der Waals surface area contributed by atoms with Crippen LogP contribution in [0.3, 0.4) is 0 Å². The second-order valence-corrected chi connectivity index (χ2v) is 4.37. The first-order valence-electron chi connectivity index (χ1n) is 5.60. The van der Waals surface area contributed by atoms with Gasteiger partial charge in [0.15, 0.2) is 0 Å². The maximum absolute atomic E-state index is 12.0. The van der Waals surface area contributed by atoms with Gasteiger partial charge >= 0.3 is 5.97 Å². The highest BCUT2D eigenvalue weighted by Gasteiger charge is 2.46. The number of carbonyl (C=O) groups excluding carboxylic acids is 1. The van der Waals surface area contributed by atoms with Crippen LogP contribution in [0, 0.1) is 0 Å². The molecule has 6 heteroatoms. The van der Waals surface area contributed by atoms with Gasteiger partial charge < -0.3 is 15.2 Å². The summed E-state index contributed by atoms with van der Waals surface area (Å²) in [5.41, 5.74) is -0.277. The smallest absolute Gasteiger partial charge is 0.305 e. The summed E-state index contributed by atoms with van der Waals surface area (Å²) in [6.07, 6.45) is 2.85. The topological polar surface area (TPSA) is 88.5 Å². The maximum Gasteiger partial charge on any atom is 0.305 e. The molecule has 96 valence electrons. The Morgan fingerprint density at radius 2 is 2.28 bits per heavy atom. The Bertz CT molecular complexity index is 483. The molecule has 1 saturated carbocycles. The second kappa shape index (κ2) is 4.64. The summed E-state index contributed by atoms with van der Waals surface area (Å²) >= 11 is 0. The van der Waals surface area contributed by atoms with Crippen LogP contribution in [-0.4, -0.2) is 34.6 Å². The van der Waals surface area contributed by atoms with E-state index in [1.54, 1.807) is 12.1 Å². The highest BCUT2D eigenvalue weighted by Crippen LogP contribution is 2.39. The highest BCUT2D eigenvalue weighted by molar-refractivity contribution is 5.97. The molecule has 0 spiro atoms. The number of ether oxygens (including phenoxy) is 1. The van der Waals surface area contributed by atoms with Crippen LogP contribution in [-0.2, 0) is 4.79 Å². The molecule has 0 aliphatic heterocycles. The zero-order chi connectivity index (χ0) is 13.2. The van der Waals surface area contributed by atoms with Gasteiger partial charge in [-0.2, -0.15) is 0 Å². The van der Waals surface area contributed by atoms with Crippen molar-refractivity contribution in [1.82, 2.24) is 10.3 Å². The van der Waals surface area contributed by atoms with E-state index in [0.717, 1.165) is 0 Å². The van der Waals surface area contributed by atoms with Crippen LogP contribution in [0.25, 0.3) is 0 Å². The fourth-order valence-corrected chi connectivity index (χ4v) is 1.82. The molecule has 1 aromatic heterocycles. The molecule has 6 nitrogen and oxygen atoms in total. The van der Waals surface area contributed by atoms with Crippen molar-refractivity contribution < 1.29 is 19.4 Å². The number of methoxy groups -OCH3 is 1. The van der Waals surface area contributed by atoms with Gasteiger partial charge in [-0.25, -0.2) is 4.98 Å². The molecule has 1 aromatic rings. The molecule has 2 rings (SSSR count). The number of hydrogen-bond acceptors (Lipinski definition) is 4. The lowest BCUT2D eigenvalue weighted by Crippen LogP contribution is -2.38. The summed E-state index contributed by atoms with van der Waals surface area (Å²) in [6.45, 7) is 0. The van der Waals surface area contributed by atoms with E-state index >= 15 is 0 Å². The van der Waals surface area contributed by atoms with Crippen LogP contribution >= 0.6 is 0 Å². The van der Waals surface area contributed by atoms with Gasteiger partial charge in [-0.15, -0.1) is 0 Å². The number of nitrogens with zero attached hydrogens (tertiary/aromatic N) is 1. The van der Waals surface area contributed by atoms with Gasteiger partial charge in [0.2, 0.25) is 5.88 Å². The van der Waals surface area contributed by atoms with E-state index in [1.807, 2.05) is 0 Å². The Morgan fingerprint density at radius 3 is 2.83 bits per heavy atom. The van der Waals surface area contributed by atoms with E-state index in [2.05, 4.69) is 10.3 Å². The summed E-state index contributed by atoms with van der Waals surface area (Å²) in [7, 11) is 1.43. The average Bonchev–Trinajstić information content (AvgIpc) is 3.07. The maximum atomic E-state index is 12.0. The van der Waals surface area contributed by atoms with Crippen molar-refractivity contribution in [1.29, 1.82) is 0 Å². The summed E-state index contributed by atoms with van der Waals surface area (Å²) in [5.74, 6) is -1.02. The predicted molar refractivity (Wildman–Crippen MR) is 62.5 cm³/mol. The number of hydrogen-bond donors (Lipinski definition) is 2. The Hall–Kier alpha value is -2.11. The third-order valence-electron chi connectivity index (χ3n) is 2.93. The van der Waals surface area contributed by atoms with Crippen molar-refractivity contribution >= 4 is 11.9 Å². The fourth-order valence-electron chi connectivity index (χ4n) is 1.82. The normalized spacial score (nSPS) is 15.8. The molecule has 0 saturated heterocycles. The van der Waals surface area contributed by atoms with Gasteiger partial charge in [0.1, 0.15) is 5.56 Å². The van der Waals surface area contributed by atoms with E-state index in [0.29, 0.717) is 18.4 Å². The molecule has 18 heavy (non-hydrogen) atoms. The number of pyridine rings is 1. The van der Waals surface area contributed by atoms with Crippen LogP contribution < -0.4 is 10.1 Å². The minimum atomic E-state index is -0.911. The van der Waals surface area contributed by atoms with Gasteiger partial charge in [-0.3, -0.25) is 9.59 Å². The van der Waals surface area contributed by atoms with Crippen LogP contribution in [0.2, 0.25) is 0 Å². The minimum Gasteiger partial charge on any atom is -0.481 e. The van der Waals surface area contributed by atoms with Crippen LogP contribution in [0.5, 0.6) is 5.88 Å². The Kier molecular flexibility index (Phi) is 3.18. The lowest BCUT2D eigenvalue weighted by molar-refractivity contribution is -0.137. The molecular formula is C12H14N2O4. The molecule has 1 heterocycles. The number of rotatable bonds is 5. The van der Waals surface area contributed by atoms with Gasteiger partial charge in [0, 0.05) is 6.20 Å². The molecule has 0 atom stereocenters. The Balaban J connectivity index is 2.10. The first kappa shape index (κ1) is 12.3. The molecule has 2 N–H and O–H groups in total. The largest absolute Gasteiger partial charge is 0.481 e. The number of carboxylic acid groups (broad SMARTS) is 1. The van der Waals surface area contributed by atoms with E-state index in [-0.39, 0.29) is 18.2 Å². The molecule has 1 fully saturated rings. The van der Waals surface area contributed by atoms with E-state index in [9.17, 15) is 9.59 Å². The van der Waals surface area contributed by atoms with Crippen molar-refractivity contribution in [2.75, 3.05) is 7.11 Å². The first-order chi connectivity index (χ1) is 8.56. The summed E-state index contributed by atoms with van der Waals surface area (Å²) < 4.78 is 4.99. The number of carboxylic acids is 1. The minimum absolute atomic E-state index is 0.0542. The second-order valence-electron chi connectivity index (χ2n) is 4.37. The molecule has 0 unspecified atom stereocenters. The number of nitrogens with one attached hydrogen (secondary N) is 1. The van der Waals surface area contributed by atoms with Crippen molar-refractivity contribution in [2.24, 2.45) is 0 Å². The molecule has 0 aromatic carbocycles. The number of carbonyl (C=O) groups is 2. The lowest BCUT2D eigenvalue weighted by atomic mass is 10.1. The zero-order valence-corrected chi connectivity index (χ0v) is 9.97. The predicted octanol–water partition coefficient (Wildman–Crippen LogP) is 0.827. The van der Waals surface area contributed by atoms with Crippen molar-refractivity contribution in [3.05, 3.63) is 23.9 Å². The molecule has 1 amide bonds. The van der Waals surface area contributed by atoms with Gasteiger partial charge in [0.05, 0.1) is 19.1 Å². The fraction of sp³-hybridized carbons (Fsp3) is 0.417.